The van der Waals surface area contributed by atoms with Crippen LogP contribution >= 0.6 is 0 Å². The summed E-state index contributed by atoms with van der Waals surface area (Å²) in [6.07, 6.45) is 1.43. The molecule has 0 saturated heterocycles. The van der Waals surface area contributed by atoms with Crippen molar-refractivity contribution in [2.45, 2.75) is 6.42 Å². The second-order valence-electron chi connectivity index (χ2n) is 2.81. The van der Waals surface area contributed by atoms with E-state index in [4.69, 9.17) is 0 Å². The Balaban J connectivity index is 2.86. The quantitative estimate of drug-likeness (QED) is 0.711. The third-order valence-corrected chi connectivity index (χ3v) is 1.88. The van der Waals surface area contributed by atoms with Gasteiger partial charge in [-0.2, -0.15) is 0 Å². The molecule has 13 heavy (non-hydrogen) atoms. The van der Waals surface area contributed by atoms with Crippen molar-refractivity contribution < 1.29 is 9.18 Å². The van der Waals surface area contributed by atoms with E-state index in [9.17, 15) is 9.18 Å². The zero-order valence-corrected chi connectivity index (χ0v) is 7.51. The fourth-order valence-electron chi connectivity index (χ4n) is 1.16. The number of carbonyl (C=O) groups is 1. The Kier molecular flexibility index (Phi) is 3.58. The fourth-order valence-corrected chi connectivity index (χ4v) is 1.16. The number of hydrogen-bond donors (Lipinski definition) is 1. The van der Waals surface area contributed by atoms with Gasteiger partial charge in [-0.05, 0) is 37.7 Å². The van der Waals surface area contributed by atoms with Crippen molar-refractivity contribution in [1.29, 1.82) is 0 Å². The van der Waals surface area contributed by atoms with Gasteiger partial charge in [-0.15, -0.1) is 0 Å². The molecule has 0 amide bonds. The topological polar surface area (TPSA) is 29.1 Å². The largest absolute Gasteiger partial charge is 0.319 e. The first-order valence-electron chi connectivity index (χ1n) is 4.16. The molecule has 1 aromatic carbocycles. The van der Waals surface area contributed by atoms with Gasteiger partial charge in [-0.1, -0.05) is 6.07 Å². The minimum Gasteiger partial charge on any atom is -0.319 e. The minimum atomic E-state index is -0.365. The molecule has 0 aliphatic carbocycles. The summed E-state index contributed by atoms with van der Waals surface area (Å²) in [5.41, 5.74) is 1.32. The number of halogens is 1. The fraction of sp³-hybridized carbons (Fsp3) is 0.300. The van der Waals surface area contributed by atoms with E-state index in [1.807, 2.05) is 7.05 Å². The number of carbonyl (C=O) groups excluding carboxylic acids is 1. The van der Waals surface area contributed by atoms with Gasteiger partial charge in [0.2, 0.25) is 0 Å². The molecule has 2 nitrogen and oxygen atoms in total. The first-order valence-corrected chi connectivity index (χ1v) is 4.16. The van der Waals surface area contributed by atoms with Crippen molar-refractivity contribution in [3.05, 3.63) is 35.1 Å². The Bertz CT molecular complexity index is 299. The molecule has 0 unspecified atom stereocenters. The van der Waals surface area contributed by atoms with Crippen molar-refractivity contribution in [2.24, 2.45) is 0 Å². The molecule has 70 valence electrons. The highest BCUT2D eigenvalue weighted by Gasteiger charge is 2.02. The molecule has 0 heterocycles. The number of benzene rings is 1. The Morgan fingerprint density at radius 3 is 2.92 bits per heavy atom. The molecule has 0 saturated carbocycles. The van der Waals surface area contributed by atoms with Crippen molar-refractivity contribution in [3.8, 4) is 0 Å². The van der Waals surface area contributed by atoms with Crippen LogP contribution in [0.15, 0.2) is 18.2 Å². The van der Waals surface area contributed by atoms with Crippen LogP contribution in [-0.2, 0) is 6.42 Å². The van der Waals surface area contributed by atoms with Crippen LogP contribution in [0.4, 0.5) is 4.39 Å². The van der Waals surface area contributed by atoms with Crippen LogP contribution in [0.1, 0.15) is 15.9 Å². The predicted octanol–water partition coefficient (Wildman–Crippen LogP) is 1.40. The zero-order chi connectivity index (χ0) is 9.68. The van der Waals surface area contributed by atoms with Gasteiger partial charge in [0.1, 0.15) is 12.1 Å². The maximum Gasteiger partial charge on any atom is 0.150 e. The molecule has 0 aromatic heterocycles. The van der Waals surface area contributed by atoms with Crippen LogP contribution in [0, 0.1) is 5.82 Å². The van der Waals surface area contributed by atoms with Crippen LogP contribution < -0.4 is 5.32 Å². The van der Waals surface area contributed by atoms with Gasteiger partial charge in [0.05, 0.1) is 0 Å². The molecule has 0 radical (unpaired) electrons. The summed E-state index contributed by atoms with van der Waals surface area (Å²) in [5, 5.41) is 2.97. The average molecular weight is 181 g/mol. The van der Waals surface area contributed by atoms with Crippen molar-refractivity contribution in [2.75, 3.05) is 13.6 Å². The molecular formula is C10H12FNO. The summed E-state index contributed by atoms with van der Waals surface area (Å²) >= 11 is 0. The smallest absolute Gasteiger partial charge is 0.150 e. The molecule has 1 rings (SSSR count). The summed E-state index contributed by atoms with van der Waals surface area (Å²) in [6, 6.07) is 4.28. The van der Waals surface area contributed by atoms with Gasteiger partial charge < -0.3 is 5.32 Å². The van der Waals surface area contributed by atoms with Gasteiger partial charge in [-0.25, -0.2) is 4.39 Å². The molecule has 0 bridgehead atoms. The summed E-state index contributed by atoms with van der Waals surface area (Å²) < 4.78 is 12.7. The number of nitrogens with one attached hydrogen (secondary N) is 1. The van der Waals surface area contributed by atoms with E-state index in [1.165, 1.54) is 12.1 Å². The van der Waals surface area contributed by atoms with E-state index in [0.29, 0.717) is 11.8 Å². The van der Waals surface area contributed by atoms with E-state index in [1.54, 1.807) is 6.07 Å². The lowest BCUT2D eigenvalue weighted by Gasteiger charge is -2.03. The van der Waals surface area contributed by atoms with Crippen LogP contribution in [-0.4, -0.2) is 19.9 Å². The van der Waals surface area contributed by atoms with Gasteiger partial charge in [0.15, 0.2) is 0 Å². The van der Waals surface area contributed by atoms with E-state index >= 15 is 0 Å². The van der Waals surface area contributed by atoms with E-state index in [0.717, 1.165) is 18.5 Å². The van der Waals surface area contributed by atoms with Crippen LogP contribution in [0.2, 0.25) is 0 Å². The lowest BCUT2D eigenvalue weighted by molar-refractivity contribution is 0.112. The standard InChI is InChI=1S/C10H12FNO/c1-12-5-4-8-2-3-10(11)6-9(8)7-13/h2-3,6-7,12H,4-5H2,1H3. The summed E-state index contributed by atoms with van der Waals surface area (Å²) in [4.78, 5) is 10.6. The normalized spacial score (nSPS) is 10.0. The van der Waals surface area contributed by atoms with E-state index in [2.05, 4.69) is 5.32 Å². The van der Waals surface area contributed by atoms with Crippen molar-refractivity contribution in [1.82, 2.24) is 5.32 Å². The zero-order valence-electron chi connectivity index (χ0n) is 7.51. The second kappa shape index (κ2) is 4.72. The first kappa shape index (κ1) is 9.86. The highest BCUT2D eigenvalue weighted by Crippen LogP contribution is 2.09. The molecule has 0 atom stereocenters. The maximum atomic E-state index is 12.7. The Hall–Kier alpha value is -1.22. The lowest BCUT2D eigenvalue weighted by Crippen LogP contribution is -2.11. The molecule has 0 fully saturated rings. The summed E-state index contributed by atoms with van der Waals surface area (Å²) in [5.74, 6) is -0.365. The Morgan fingerprint density at radius 1 is 1.54 bits per heavy atom. The van der Waals surface area contributed by atoms with Crippen molar-refractivity contribution >= 4 is 6.29 Å². The predicted molar refractivity (Wildman–Crippen MR) is 49.4 cm³/mol. The van der Waals surface area contributed by atoms with Gasteiger partial charge in [-0.3, -0.25) is 4.79 Å². The second-order valence-corrected chi connectivity index (χ2v) is 2.81. The molecular weight excluding hydrogens is 169 g/mol. The van der Waals surface area contributed by atoms with Gasteiger partial charge in [0.25, 0.3) is 0 Å². The van der Waals surface area contributed by atoms with Gasteiger partial charge >= 0.3 is 0 Å². The van der Waals surface area contributed by atoms with Crippen LogP contribution in [0.5, 0.6) is 0 Å². The van der Waals surface area contributed by atoms with E-state index < -0.39 is 0 Å². The highest BCUT2D eigenvalue weighted by molar-refractivity contribution is 5.77. The van der Waals surface area contributed by atoms with Gasteiger partial charge in [0, 0.05) is 5.56 Å². The number of rotatable bonds is 4. The van der Waals surface area contributed by atoms with E-state index in [-0.39, 0.29) is 5.82 Å². The maximum absolute atomic E-state index is 12.7. The average Bonchev–Trinajstić information content (AvgIpc) is 2.16. The molecule has 3 heteroatoms. The van der Waals surface area contributed by atoms with Crippen molar-refractivity contribution in [3.63, 3.8) is 0 Å². The first-order chi connectivity index (χ1) is 6.27. The third-order valence-electron chi connectivity index (χ3n) is 1.88. The highest BCUT2D eigenvalue weighted by atomic mass is 19.1. The molecule has 0 aliphatic heterocycles. The number of hydrogen-bond acceptors (Lipinski definition) is 2. The third kappa shape index (κ3) is 2.63. The molecule has 1 aromatic rings. The van der Waals surface area contributed by atoms with Crippen LogP contribution in [0.3, 0.4) is 0 Å². The van der Waals surface area contributed by atoms with Crippen LogP contribution in [0.25, 0.3) is 0 Å². The number of aldehydes is 1. The Labute approximate surface area is 76.8 Å². The number of likely N-dealkylation sites (N-methyl/N-ethyl adjacent to an activating group) is 1. The molecule has 0 aliphatic rings. The summed E-state index contributed by atoms with van der Waals surface area (Å²) in [6.45, 7) is 0.784. The molecule has 0 spiro atoms. The Morgan fingerprint density at radius 2 is 2.31 bits per heavy atom. The molecule has 1 N–H and O–H groups in total. The summed E-state index contributed by atoms with van der Waals surface area (Å²) in [7, 11) is 1.84. The monoisotopic (exact) mass is 181 g/mol. The lowest BCUT2D eigenvalue weighted by atomic mass is 10.1. The SMILES string of the molecule is CNCCc1ccc(F)cc1C=O. The minimum absolute atomic E-state index is 0.365.